The summed E-state index contributed by atoms with van der Waals surface area (Å²) in [5, 5.41) is 0. The van der Waals surface area contributed by atoms with Crippen LogP contribution in [0.4, 0.5) is 5.82 Å². The van der Waals surface area contributed by atoms with Gasteiger partial charge >= 0.3 is 0 Å². The van der Waals surface area contributed by atoms with Crippen LogP contribution in [0.3, 0.4) is 0 Å². The van der Waals surface area contributed by atoms with Gasteiger partial charge in [0.1, 0.15) is 0 Å². The Balaban J connectivity index is 2.58. The molecule has 0 saturated carbocycles. The Bertz CT molecular complexity index is 472. The van der Waals surface area contributed by atoms with Crippen molar-refractivity contribution < 1.29 is 4.74 Å². The molecule has 15 heavy (non-hydrogen) atoms. The van der Waals surface area contributed by atoms with Crippen LogP contribution in [0.15, 0.2) is 24.3 Å². The van der Waals surface area contributed by atoms with E-state index in [1.807, 2.05) is 31.2 Å². The van der Waals surface area contributed by atoms with Crippen LogP contribution in [-0.2, 0) is 0 Å². The first kappa shape index (κ1) is 9.67. The van der Waals surface area contributed by atoms with Gasteiger partial charge in [0.2, 0.25) is 5.82 Å². The number of aromatic nitrogens is 2. The largest absolute Gasteiger partial charge is 0.475 e. The fourth-order valence-electron chi connectivity index (χ4n) is 1.32. The number of hydrazine groups is 1. The average molecular weight is 204 g/mol. The minimum absolute atomic E-state index is 0.429. The molecule has 0 aliphatic rings. The molecule has 5 nitrogen and oxygen atoms in total. The number of nitrogens with zero attached hydrogens (tertiary/aromatic N) is 2. The van der Waals surface area contributed by atoms with Crippen LogP contribution in [-0.4, -0.2) is 16.6 Å². The van der Waals surface area contributed by atoms with E-state index in [1.54, 1.807) is 0 Å². The minimum Gasteiger partial charge on any atom is -0.475 e. The zero-order valence-electron chi connectivity index (χ0n) is 8.40. The van der Waals surface area contributed by atoms with Gasteiger partial charge in [-0.1, -0.05) is 12.1 Å². The summed E-state index contributed by atoms with van der Waals surface area (Å²) in [6, 6.07) is 7.56. The van der Waals surface area contributed by atoms with Crippen LogP contribution in [0.25, 0.3) is 11.0 Å². The second kappa shape index (κ2) is 4.10. The van der Waals surface area contributed by atoms with Crippen molar-refractivity contribution in [3.63, 3.8) is 0 Å². The fraction of sp³-hybridized carbons (Fsp3) is 0.200. The lowest BCUT2D eigenvalue weighted by Gasteiger charge is -2.08. The highest BCUT2D eigenvalue weighted by molar-refractivity contribution is 5.77. The summed E-state index contributed by atoms with van der Waals surface area (Å²) in [4.78, 5) is 8.60. The van der Waals surface area contributed by atoms with E-state index >= 15 is 0 Å². The first-order chi connectivity index (χ1) is 7.35. The van der Waals surface area contributed by atoms with Crippen molar-refractivity contribution in [2.75, 3.05) is 12.0 Å². The van der Waals surface area contributed by atoms with Crippen LogP contribution in [0.1, 0.15) is 6.92 Å². The second-order valence-corrected chi connectivity index (χ2v) is 2.94. The zero-order valence-corrected chi connectivity index (χ0v) is 8.40. The Morgan fingerprint density at radius 3 is 2.53 bits per heavy atom. The number of hydrogen-bond acceptors (Lipinski definition) is 5. The third-order valence-corrected chi connectivity index (χ3v) is 1.96. The van der Waals surface area contributed by atoms with E-state index in [-0.39, 0.29) is 0 Å². The smallest absolute Gasteiger partial charge is 0.259 e. The molecule has 3 N–H and O–H groups in total. The number of rotatable bonds is 3. The van der Waals surface area contributed by atoms with Crippen molar-refractivity contribution in [1.82, 2.24) is 9.97 Å². The van der Waals surface area contributed by atoms with Crippen LogP contribution in [0.5, 0.6) is 5.88 Å². The van der Waals surface area contributed by atoms with Gasteiger partial charge < -0.3 is 10.2 Å². The molecular formula is C10H12N4O. The van der Waals surface area contributed by atoms with Gasteiger partial charge in [0.25, 0.3) is 5.88 Å². The van der Waals surface area contributed by atoms with E-state index in [4.69, 9.17) is 10.6 Å². The Morgan fingerprint density at radius 1 is 1.27 bits per heavy atom. The number of benzene rings is 1. The highest BCUT2D eigenvalue weighted by atomic mass is 16.5. The third-order valence-electron chi connectivity index (χ3n) is 1.96. The number of nitrogens with one attached hydrogen (secondary N) is 1. The molecule has 0 aliphatic carbocycles. The molecule has 0 amide bonds. The summed E-state index contributed by atoms with van der Waals surface area (Å²) in [6.45, 7) is 2.42. The quantitative estimate of drug-likeness (QED) is 0.582. The standard InChI is InChI=1S/C10H12N4O/c1-2-15-10-9(14-11)12-7-5-3-4-6-8(7)13-10/h3-6H,2,11H2,1H3,(H,12,14). The number of hydrogen-bond donors (Lipinski definition) is 2. The summed E-state index contributed by atoms with van der Waals surface area (Å²) in [5.41, 5.74) is 4.05. The van der Waals surface area contributed by atoms with E-state index in [9.17, 15) is 0 Å². The highest BCUT2D eigenvalue weighted by Crippen LogP contribution is 2.22. The molecule has 0 fully saturated rings. The second-order valence-electron chi connectivity index (χ2n) is 2.94. The predicted octanol–water partition coefficient (Wildman–Crippen LogP) is 1.31. The summed E-state index contributed by atoms with van der Waals surface area (Å²) in [6.07, 6.45) is 0. The van der Waals surface area contributed by atoms with Gasteiger partial charge in [-0.2, -0.15) is 0 Å². The van der Waals surface area contributed by atoms with Crippen LogP contribution >= 0.6 is 0 Å². The first-order valence-corrected chi connectivity index (χ1v) is 4.71. The summed E-state index contributed by atoms with van der Waals surface area (Å²) >= 11 is 0. The topological polar surface area (TPSA) is 73.1 Å². The lowest BCUT2D eigenvalue weighted by atomic mass is 10.3. The first-order valence-electron chi connectivity index (χ1n) is 4.71. The van der Waals surface area contributed by atoms with Gasteiger partial charge in [0, 0.05) is 0 Å². The normalized spacial score (nSPS) is 10.3. The molecule has 1 heterocycles. The zero-order chi connectivity index (χ0) is 10.7. The van der Waals surface area contributed by atoms with Gasteiger partial charge in [-0.3, -0.25) is 0 Å². The molecule has 0 bridgehead atoms. The maximum absolute atomic E-state index is 5.34. The van der Waals surface area contributed by atoms with Crippen molar-refractivity contribution in [2.24, 2.45) is 5.84 Å². The van der Waals surface area contributed by atoms with Crippen molar-refractivity contribution in [3.05, 3.63) is 24.3 Å². The fourth-order valence-corrected chi connectivity index (χ4v) is 1.32. The lowest BCUT2D eigenvalue weighted by molar-refractivity contribution is 0.328. The molecular weight excluding hydrogens is 192 g/mol. The van der Waals surface area contributed by atoms with Gasteiger partial charge in [-0.25, -0.2) is 15.8 Å². The highest BCUT2D eigenvalue weighted by Gasteiger charge is 2.07. The monoisotopic (exact) mass is 204 g/mol. The predicted molar refractivity (Wildman–Crippen MR) is 58.5 cm³/mol. The number of ether oxygens (including phenoxy) is 1. The molecule has 0 radical (unpaired) electrons. The molecule has 0 aliphatic heterocycles. The molecule has 78 valence electrons. The van der Waals surface area contributed by atoms with Crippen molar-refractivity contribution in [2.45, 2.75) is 6.92 Å². The summed E-state index contributed by atoms with van der Waals surface area (Å²) < 4.78 is 5.32. The number of anilines is 1. The number of fused-ring (bicyclic) bond motifs is 1. The van der Waals surface area contributed by atoms with Crippen LogP contribution in [0.2, 0.25) is 0 Å². The molecule has 2 aromatic rings. The SMILES string of the molecule is CCOc1nc2ccccc2nc1NN. The van der Waals surface area contributed by atoms with E-state index in [0.717, 1.165) is 11.0 Å². The molecule has 0 unspecified atom stereocenters. The third kappa shape index (κ3) is 1.82. The summed E-state index contributed by atoms with van der Waals surface area (Å²) in [7, 11) is 0. The van der Waals surface area contributed by atoms with Crippen LogP contribution < -0.4 is 16.0 Å². The van der Waals surface area contributed by atoms with E-state index in [0.29, 0.717) is 18.3 Å². The maximum Gasteiger partial charge on any atom is 0.259 e. The van der Waals surface area contributed by atoms with Gasteiger partial charge in [-0.15, -0.1) is 0 Å². The molecule has 0 saturated heterocycles. The van der Waals surface area contributed by atoms with Crippen LogP contribution in [0, 0.1) is 0 Å². The lowest BCUT2D eigenvalue weighted by Crippen LogP contribution is -2.11. The Morgan fingerprint density at radius 2 is 1.93 bits per heavy atom. The van der Waals surface area contributed by atoms with E-state index in [1.165, 1.54) is 0 Å². The van der Waals surface area contributed by atoms with E-state index in [2.05, 4.69) is 15.4 Å². The number of nitrogen functional groups attached to an aromatic ring is 1. The average Bonchev–Trinajstić information content (AvgIpc) is 2.28. The van der Waals surface area contributed by atoms with Crippen molar-refractivity contribution in [3.8, 4) is 5.88 Å². The number of nitrogens with two attached hydrogens (primary N) is 1. The molecule has 0 atom stereocenters. The molecule has 2 rings (SSSR count). The maximum atomic E-state index is 5.34. The Kier molecular flexibility index (Phi) is 2.64. The van der Waals surface area contributed by atoms with Gasteiger partial charge in [-0.05, 0) is 19.1 Å². The van der Waals surface area contributed by atoms with Gasteiger partial charge in [0.15, 0.2) is 0 Å². The molecule has 1 aromatic carbocycles. The Hall–Kier alpha value is -1.88. The van der Waals surface area contributed by atoms with E-state index < -0.39 is 0 Å². The van der Waals surface area contributed by atoms with Crippen molar-refractivity contribution >= 4 is 16.9 Å². The van der Waals surface area contributed by atoms with Crippen molar-refractivity contribution in [1.29, 1.82) is 0 Å². The number of para-hydroxylation sites is 2. The Labute approximate surface area is 87.3 Å². The minimum atomic E-state index is 0.429. The summed E-state index contributed by atoms with van der Waals surface area (Å²) in [5.74, 6) is 6.22. The van der Waals surface area contributed by atoms with Gasteiger partial charge in [0.05, 0.1) is 17.6 Å². The molecule has 1 aromatic heterocycles. The molecule has 0 spiro atoms. The molecule has 5 heteroatoms.